The van der Waals surface area contributed by atoms with Crippen molar-refractivity contribution in [3.63, 3.8) is 0 Å². The van der Waals surface area contributed by atoms with Gasteiger partial charge in [0.1, 0.15) is 11.4 Å². The van der Waals surface area contributed by atoms with Gasteiger partial charge in [-0.2, -0.15) is 5.10 Å². The van der Waals surface area contributed by atoms with Crippen LogP contribution >= 0.6 is 0 Å². The largest absolute Gasteiger partial charge is 0.351 e. The van der Waals surface area contributed by atoms with Gasteiger partial charge in [0.15, 0.2) is 5.82 Å². The van der Waals surface area contributed by atoms with Crippen LogP contribution in [0.2, 0.25) is 0 Å². The maximum atomic E-state index is 13.3. The highest BCUT2D eigenvalue weighted by molar-refractivity contribution is 5.97. The number of benzene rings is 1. The van der Waals surface area contributed by atoms with Crippen molar-refractivity contribution in [3.05, 3.63) is 66.4 Å². The topological polar surface area (TPSA) is 89.4 Å². The normalized spacial score (nSPS) is 14.7. The molecule has 3 aromatic rings. The van der Waals surface area contributed by atoms with E-state index in [1.54, 1.807) is 31.2 Å². The zero-order valence-corrected chi connectivity index (χ0v) is 15.7. The minimum Gasteiger partial charge on any atom is -0.351 e. The first-order valence-electron chi connectivity index (χ1n) is 9.35. The second kappa shape index (κ2) is 7.78. The van der Waals surface area contributed by atoms with E-state index in [1.807, 2.05) is 24.5 Å². The third kappa shape index (κ3) is 3.71. The number of rotatable bonds is 3. The van der Waals surface area contributed by atoms with Crippen molar-refractivity contribution in [3.8, 4) is 11.5 Å². The molecule has 0 atom stereocenters. The Kier molecular flexibility index (Phi) is 5.03. The number of halogens is 1. The van der Waals surface area contributed by atoms with Crippen LogP contribution in [0.4, 0.5) is 9.18 Å². The Morgan fingerprint density at radius 1 is 0.966 bits per heavy atom. The van der Waals surface area contributed by atoms with E-state index < -0.39 is 6.03 Å². The molecule has 0 radical (unpaired) electrons. The van der Waals surface area contributed by atoms with Crippen molar-refractivity contribution >= 4 is 11.9 Å². The van der Waals surface area contributed by atoms with Crippen LogP contribution in [0.1, 0.15) is 16.8 Å². The van der Waals surface area contributed by atoms with Crippen molar-refractivity contribution in [1.29, 1.82) is 0 Å². The monoisotopic (exact) mass is 396 g/mol. The number of nitrogens with zero attached hydrogens (tertiary/aromatic N) is 5. The molecule has 0 spiro atoms. The second-order valence-corrected chi connectivity index (χ2v) is 6.83. The van der Waals surface area contributed by atoms with Crippen LogP contribution in [0.15, 0.2) is 55.0 Å². The lowest BCUT2D eigenvalue weighted by Crippen LogP contribution is -2.39. The summed E-state index contributed by atoms with van der Waals surface area (Å²) in [6, 6.07) is 9.16. The Bertz CT molecular complexity index is 1010. The minimum atomic E-state index is -0.476. The second-order valence-electron chi connectivity index (χ2n) is 6.83. The smallest absolute Gasteiger partial charge is 0.314 e. The summed E-state index contributed by atoms with van der Waals surface area (Å²) in [6.45, 7) is 1.84. The van der Waals surface area contributed by atoms with Crippen molar-refractivity contribution < 1.29 is 14.0 Å². The molecule has 150 valence electrons. The van der Waals surface area contributed by atoms with Gasteiger partial charge >= 0.3 is 6.03 Å². The van der Waals surface area contributed by atoms with Crippen molar-refractivity contribution in [2.24, 2.45) is 5.73 Å². The molecule has 8 nitrogen and oxygen atoms in total. The summed E-state index contributed by atoms with van der Waals surface area (Å²) in [5.41, 5.74) is 6.45. The summed E-state index contributed by atoms with van der Waals surface area (Å²) in [6.07, 6.45) is 5.83. The average Bonchev–Trinajstić information content (AvgIpc) is 3.32. The van der Waals surface area contributed by atoms with Gasteiger partial charge in [-0.3, -0.25) is 4.79 Å². The summed E-state index contributed by atoms with van der Waals surface area (Å²) < 4.78 is 16.8. The molecule has 1 aliphatic heterocycles. The van der Waals surface area contributed by atoms with Gasteiger partial charge in [-0.1, -0.05) is 0 Å². The van der Waals surface area contributed by atoms with E-state index in [1.165, 1.54) is 18.3 Å². The zero-order valence-electron chi connectivity index (χ0n) is 15.7. The molecule has 1 aromatic carbocycles. The third-order valence-electron chi connectivity index (χ3n) is 4.99. The molecule has 1 saturated heterocycles. The van der Waals surface area contributed by atoms with E-state index in [0.717, 1.165) is 0 Å². The SMILES string of the molecule is NC(=O)N1CCCN(C(=O)c2cnn(-c3ccc(F)cc3)c2-n2cccc2)CC1. The number of aromatic nitrogens is 3. The Hall–Kier alpha value is -3.62. The summed E-state index contributed by atoms with van der Waals surface area (Å²) in [5, 5.41) is 4.40. The molecule has 0 bridgehead atoms. The van der Waals surface area contributed by atoms with E-state index in [9.17, 15) is 14.0 Å². The first-order chi connectivity index (χ1) is 14.0. The number of carbonyl (C=O) groups excluding carboxylic acids is 2. The van der Waals surface area contributed by atoms with Crippen LogP contribution in [-0.4, -0.2) is 62.3 Å². The number of nitrogens with two attached hydrogens (primary N) is 1. The maximum absolute atomic E-state index is 13.3. The molecular weight excluding hydrogens is 375 g/mol. The van der Waals surface area contributed by atoms with Gasteiger partial charge < -0.3 is 20.1 Å². The Morgan fingerprint density at radius 3 is 2.31 bits per heavy atom. The molecule has 3 heterocycles. The highest BCUT2D eigenvalue weighted by Gasteiger charge is 2.26. The molecule has 4 rings (SSSR count). The summed E-state index contributed by atoms with van der Waals surface area (Å²) >= 11 is 0. The Morgan fingerprint density at radius 2 is 1.62 bits per heavy atom. The molecule has 1 fully saturated rings. The van der Waals surface area contributed by atoms with E-state index >= 15 is 0 Å². The first kappa shape index (κ1) is 18.7. The molecule has 0 aliphatic carbocycles. The highest BCUT2D eigenvalue weighted by atomic mass is 19.1. The predicted molar refractivity (Wildman–Crippen MR) is 105 cm³/mol. The van der Waals surface area contributed by atoms with Crippen molar-refractivity contribution in [2.45, 2.75) is 6.42 Å². The molecule has 29 heavy (non-hydrogen) atoms. The number of amides is 3. The van der Waals surface area contributed by atoms with Gasteiger partial charge in [0.05, 0.1) is 11.9 Å². The maximum Gasteiger partial charge on any atom is 0.314 e. The molecule has 0 unspecified atom stereocenters. The molecule has 2 N–H and O–H groups in total. The molecule has 0 saturated carbocycles. The number of carbonyl (C=O) groups is 2. The lowest BCUT2D eigenvalue weighted by atomic mass is 10.2. The standard InChI is InChI=1S/C20H21FN6O2/c21-15-4-6-16(7-5-15)27-18(24-8-1-2-9-24)17(14-23-27)19(28)25-10-3-11-26(13-12-25)20(22)29/h1-2,4-9,14H,3,10-13H2,(H2,22,29). The molecule has 2 aromatic heterocycles. The third-order valence-corrected chi connectivity index (χ3v) is 4.99. The number of urea groups is 1. The van der Waals surface area contributed by atoms with E-state index in [0.29, 0.717) is 49.7 Å². The molecule has 1 aliphatic rings. The zero-order chi connectivity index (χ0) is 20.4. The first-order valence-corrected chi connectivity index (χ1v) is 9.35. The van der Waals surface area contributed by atoms with Crippen LogP contribution in [0.3, 0.4) is 0 Å². The van der Waals surface area contributed by atoms with E-state index in [2.05, 4.69) is 5.10 Å². The van der Waals surface area contributed by atoms with Crippen molar-refractivity contribution in [1.82, 2.24) is 24.1 Å². The van der Waals surface area contributed by atoms with Gasteiger partial charge in [0, 0.05) is 38.6 Å². The van der Waals surface area contributed by atoms with Crippen LogP contribution in [-0.2, 0) is 0 Å². The van der Waals surface area contributed by atoms with Crippen LogP contribution in [0.5, 0.6) is 0 Å². The van der Waals surface area contributed by atoms with Crippen LogP contribution in [0, 0.1) is 5.82 Å². The molecule has 3 amide bonds. The van der Waals surface area contributed by atoms with Crippen LogP contribution < -0.4 is 5.73 Å². The van der Waals surface area contributed by atoms with Gasteiger partial charge in [0.25, 0.3) is 5.91 Å². The van der Waals surface area contributed by atoms with E-state index in [4.69, 9.17) is 5.73 Å². The molecular formula is C20H21FN6O2. The highest BCUT2D eigenvalue weighted by Crippen LogP contribution is 2.22. The minimum absolute atomic E-state index is 0.173. The van der Waals surface area contributed by atoms with Crippen LogP contribution in [0.25, 0.3) is 11.5 Å². The fraction of sp³-hybridized carbons (Fsp3) is 0.250. The van der Waals surface area contributed by atoms with Gasteiger partial charge in [-0.15, -0.1) is 0 Å². The number of hydrogen-bond acceptors (Lipinski definition) is 3. The fourth-order valence-electron chi connectivity index (χ4n) is 3.50. The van der Waals surface area contributed by atoms with Gasteiger partial charge in [0.2, 0.25) is 0 Å². The predicted octanol–water partition coefficient (Wildman–Crippen LogP) is 2.03. The van der Waals surface area contributed by atoms with Gasteiger partial charge in [-0.25, -0.2) is 13.9 Å². The average molecular weight is 396 g/mol. The number of primary amides is 1. The Labute approximate surface area is 166 Å². The summed E-state index contributed by atoms with van der Waals surface area (Å²) in [4.78, 5) is 28.0. The number of hydrogen-bond donors (Lipinski definition) is 1. The van der Waals surface area contributed by atoms with Gasteiger partial charge in [-0.05, 0) is 42.8 Å². The fourth-order valence-corrected chi connectivity index (χ4v) is 3.50. The Balaban J connectivity index is 1.69. The van der Waals surface area contributed by atoms with Crippen molar-refractivity contribution in [2.75, 3.05) is 26.2 Å². The quantitative estimate of drug-likeness (QED) is 0.735. The van der Waals surface area contributed by atoms with E-state index in [-0.39, 0.29) is 11.7 Å². The summed E-state index contributed by atoms with van der Waals surface area (Å²) in [5.74, 6) is 0.0549. The lowest BCUT2D eigenvalue weighted by Gasteiger charge is -2.21. The lowest BCUT2D eigenvalue weighted by molar-refractivity contribution is 0.0762. The summed E-state index contributed by atoms with van der Waals surface area (Å²) in [7, 11) is 0. The molecule has 9 heteroatoms.